The Hall–Kier alpha value is -2.85. The predicted octanol–water partition coefficient (Wildman–Crippen LogP) is 2.57. The van der Waals surface area contributed by atoms with Gasteiger partial charge in [-0.25, -0.2) is 12.8 Å². The standard InChI is InChI=1S/C22H27FN2O6S/c1-29-19-11-6-15(20(30-2)21(19)31-3)13-24-22(26)16-5-4-12-25(14-16)32(27,28)18-9-7-17(23)8-10-18/h6-11,16H,4-5,12-14H2,1-3H3,(H,24,26)/t16-/m1/s1. The van der Waals surface area contributed by atoms with Crippen LogP contribution in [0.1, 0.15) is 18.4 Å². The van der Waals surface area contributed by atoms with E-state index in [0.29, 0.717) is 42.2 Å². The molecule has 1 aliphatic rings. The van der Waals surface area contributed by atoms with Crippen molar-refractivity contribution in [2.45, 2.75) is 24.3 Å². The molecule has 8 nitrogen and oxygen atoms in total. The van der Waals surface area contributed by atoms with E-state index in [2.05, 4.69) is 5.32 Å². The van der Waals surface area contributed by atoms with Gasteiger partial charge in [0, 0.05) is 25.2 Å². The van der Waals surface area contributed by atoms with Crippen LogP contribution in [0.2, 0.25) is 0 Å². The van der Waals surface area contributed by atoms with Crippen LogP contribution in [0.5, 0.6) is 17.2 Å². The minimum absolute atomic E-state index is 0.00928. The van der Waals surface area contributed by atoms with Crippen molar-refractivity contribution in [3.05, 3.63) is 47.8 Å². The fraction of sp³-hybridized carbons (Fsp3) is 0.409. The summed E-state index contributed by atoms with van der Waals surface area (Å²) < 4.78 is 56.3. The predicted molar refractivity (Wildman–Crippen MR) is 116 cm³/mol. The van der Waals surface area contributed by atoms with Crippen LogP contribution in [0, 0.1) is 11.7 Å². The number of hydrogen-bond acceptors (Lipinski definition) is 6. The third-order valence-corrected chi connectivity index (χ3v) is 7.32. The number of rotatable bonds is 8. The molecule has 1 aliphatic heterocycles. The minimum atomic E-state index is -3.80. The molecular weight excluding hydrogens is 439 g/mol. The highest BCUT2D eigenvalue weighted by molar-refractivity contribution is 7.89. The van der Waals surface area contributed by atoms with Crippen molar-refractivity contribution in [3.63, 3.8) is 0 Å². The Bertz CT molecular complexity index is 1060. The van der Waals surface area contributed by atoms with Crippen LogP contribution in [0.4, 0.5) is 4.39 Å². The van der Waals surface area contributed by atoms with Gasteiger partial charge in [0.25, 0.3) is 0 Å². The number of sulfonamides is 1. The van der Waals surface area contributed by atoms with Gasteiger partial charge in [0.15, 0.2) is 11.5 Å². The summed E-state index contributed by atoms with van der Waals surface area (Å²) in [5, 5.41) is 2.87. The largest absolute Gasteiger partial charge is 0.493 e. The lowest BCUT2D eigenvalue weighted by molar-refractivity contribution is -0.126. The first-order valence-electron chi connectivity index (χ1n) is 10.1. The summed E-state index contributed by atoms with van der Waals surface area (Å²) in [6, 6.07) is 8.18. The Labute approximate surface area is 187 Å². The third-order valence-electron chi connectivity index (χ3n) is 5.45. The van der Waals surface area contributed by atoms with E-state index in [0.717, 1.165) is 12.1 Å². The SMILES string of the molecule is COc1ccc(CNC(=O)[C@@H]2CCCN(S(=O)(=O)c3ccc(F)cc3)C2)c(OC)c1OC. The van der Waals surface area contributed by atoms with Crippen LogP contribution >= 0.6 is 0 Å². The average molecular weight is 467 g/mol. The monoisotopic (exact) mass is 466 g/mol. The highest BCUT2D eigenvalue weighted by atomic mass is 32.2. The van der Waals surface area contributed by atoms with Crippen molar-refractivity contribution in [1.29, 1.82) is 0 Å². The number of nitrogens with zero attached hydrogens (tertiary/aromatic N) is 1. The van der Waals surface area contributed by atoms with Gasteiger partial charge in [0.2, 0.25) is 21.7 Å². The molecule has 1 N–H and O–H groups in total. The molecule has 3 rings (SSSR count). The van der Waals surface area contributed by atoms with Crippen LogP contribution in [-0.2, 0) is 21.4 Å². The number of hydrogen-bond donors (Lipinski definition) is 1. The van der Waals surface area contributed by atoms with Crippen LogP contribution in [-0.4, -0.2) is 53.0 Å². The Kier molecular flexibility index (Phi) is 7.57. The summed E-state index contributed by atoms with van der Waals surface area (Å²) in [4.78, 5) is 12.8. The molecule has 174 valence electrons. The van der Waals surface area contributed by atoms with Crippen LogP contribution in [0.3, 0.4) is 0 Å². The topological polar surface area (TPSA) is 94.2 Å². The van der Waals surface area contributed by atoms with E-state index in [1.807, 2.05) is 0 Å². The number of amides is 1. The van der Waals surface area contributed by atoms with Gasteiger partial charge >= 0.3 is 0 Å². The fourth-order valence-corrected chi connectivity index (χ4v) is 5.28. The summed E-state index contributed by atoms with van der Waals surface area (Å²) in [6.45, 7) is 0.561. The van der Waals surface area contributed by atoms with Gasteiger partial charge in [0.1, 0.15) is 5.82 Å². The van der Waals surface area contributed by atoms with Crippen molar-refractivity contribution in [2.24, 2.45) is 5.92 Å². The normalized spacial score (nSPS) is 16.9. The van der Waals surface area contributed by atoms with Crippen LogP contribution in [0.15, 0.2) is 41.3 Å². The zero-order chi connectivity index (χ0) is 23.3. The van der Waals surface area contributed by atoms with E-state index in [-0.39, 0.29) is 23.9 Å². The Morgan fingerprint density at radius 1 is 1.06 bits per heavy atom. The lowest BCUT2D eigenvalue weighted by atomic mass is 9.98. The summed E-state index contributed by atoms with van der Waals surface area (Å²) >= 11 is 0. The van der Waals surface area contributed by atoms with Crippen molar-refractivity contribution < 1.29 is 31.8 Å². The van der Waals surface area contributed by atoms with Gasteiger partial charge in [-0.15, -0.1) is 0 Å². The average Bonchev–Trinajstić information content (AvgIpc) is 2.82. The quantitative estimate of drug-likeness (QED) is 0.643. The van der Waals surface area contributed by atoms with Crippen LogP contribution < -0.4 is 19.5 Å². The highest BCUT2D eigenvalue weighted by Crippen LogP contribution is 2.39. The fourth-order valence-electron chi connectivity index (χ4n) is 3.76. The summed E-state index contributed by atoms with van der Waals surface area (Å²) in [5.74, 6) is 0.136. The first kappa shape index (κ1) is 23.8. The first-order chi connectivity index (χ1) is 15.3. The van der Waals surface area contributed by atoms with E-state index in [1.165, 1.54) is 37.8 Å². The van der Waals surface area contributed by atoms with Gasteiger partial charge in [-0.05, 0) is 49.2 Å². The highest BCUT2D eigenvalue weighted by Gasteiger charge is 2.33. The first-order valence-corrected chi connectivity index (χ1v) is 11.6. The molecule has 1 atom stereocenters. The molecule has 0 aromatic heterocycles. The molecule has 0 bridgehead atoms. The molecule has 10 heteroatoms. The molecule has 1 amide bonds. The molecule has 0 unspecified atom stereocenters. The Morgan fingerprint density at radius 3 is 2.38 bits per heavy atom. The molecular formula is C22H27FN2O6S. The molecule has 2 aromatic rings. The second-order valence-electron chi connectivity index (χ2n) is 7.37. The number of halogens is 1. The van der Waals surface area contributed by atoms with E-state index >= 15 is 0 Å². The Morgan fingerprint density at radius 2 is 1.75 bits per heavy atom. The van der Waals surface area contributed by atoms with Crippen molar-refractivity contribution >= 4 is 15.9 Å². The lowest BCUT2D eigenvalue weighted by Crippen LogP contribution is -2.45. The van der Waals surface area contributed by atoms with Gasteiger partial charge in [-0.1, -0.05) is 0 Å². The second-order valence-corrected chi connectivity index (χ2v) is 9.31. The smallest absolute Gasteiger partial charge is 0.243 e. The number of benzene rings is 2. The third kappa shape index (κ3) is 4.97. The van der Waals surface area contributed by atoms with Crippen molar-refractivity contribution in [2.75, 3.05) is 34.4 Å². The number of methoxy groups -OCH3 is 3. The molecule has 32 heavy (non-hydrogen) atoms. The number of ether oxygens (including phenoxy) is 3. The maximum atomic E-state index is 13.2. The molecule has 0 saturated carbocycles. The second kappa shape index (κ2) is 10.2. The van der Waals surface area contributed by atoms with Crippen molar-refractivity contribution in [3.8, 4) is 17.2 Å². The van der Waals surface area contributed by atoms with Gasteiger partial charge < -0.3 is 19.5 Å². The van der Waals surface area contributed by atoms with E-state index in [9.17, 15) is 17.6 Å². The van der Waals surface area contributed by atoms with Crippen LogP contribution in [0.25, 0.3) is 0 Å². The maximum Gasteiger partial charge on any atom is 0.243 e. The molecule has 1 fully saturated rings. The molecule has 1 saturated heterocycles. The Balaban J connectivity index is 1.69. The van der Waals surface area contributed by atoms with Gasteiger partial charge in [0.05, 0.1) is 32.1 Å². The number of carbonyl (C=O) groups is 1. The van der Waals surface area contributed by atoms with E-state index < -0.39 is 21.8 Å². The summed E-state index contributed by atoms with van der Waals surface area (Å²) in [6.07, 6.45) is 1.13. The van der Waals surface area contributed by atoms with Crippen molar-refractivity contribution in [1.82, 2.24) is 9.62 Å². The number of carbonyl (C=O) groups excluding carboxylic acids is 1. The molecule has 0 radical (unpaired) electrons. The maximum absolute atomic E-state index is 13.2. The van der Waals surface area contributed by atoms with E-state index in [1.54, 1.807) is 12.1 Å². The summed E-state index contributed by atoms with van der Waals surface area (Å²) in [5.41, 5.74) is 0.699. The number of piperidine rings is 1. The summed E-state index contributed by atoms with van der Waals surface area (Å²) in [7, 11) is 0.721. The van der Waals surface area contributed by atoms with Gasteiger partial charge in [-0.3, -0.25) is 4.79 Å². The minimum Gasteiger partial charge on any atom is -0.493 e. The molecule has 0 spiro atoms. The van der Waals surface area contributed by atoms with Gasteiger partial charge in [-0.2, -0.15) is 4.31 Å². The molecule has 1 heterocycles. The number of nitrogens with one attached hydrogen (secondary N) is 1. The molecule has 2 aromatic carbocycles. The molecule has 0 aliphatic carbocycles. The zero-order valence-electron chi connectivity index (χ0n) is 18.3. The lowest BCUT2D eigenvalue weighted by Gasteiger charge is -2.31. The zero-order valence-corrected chi connectivity index (χ0v) is 19.1. The van der Waals surface area contributed by atoms with E-state index in [4.69, 9.17) is 14.2 Å².